The van der Waals surface area contributed by atoms with Gasteiger partial charge in [-0.1, -0.05) is 0 Å². The first kappa shape index (κ1) is 8.71. The number of nitrogens with two attached hydrogens (primary N) is 1. The number of nitrogens with zero attached hydrogens (tertiary/aromatic N) is 2. The molecule has 0 aliphatic rings. The standard InChI is InChI=1S/C9H10N4O/c1-6-5-11-9(13-10)12-8(6)7-3-2-4-14-7/h2-5H,10H2,1H3,(H,11,12,13). The van der Waals surface area contributed by atoms with E-state index in [1.807, 2.05) is 19.1 Å². The molecule has 0 aliphatic heterocycles. The molecular formula is C9H10N4O. The summed E-state index contributed by atoms with van der Waals surface area (Å²) in [5.41, 5.74) is 4.08. The maximum absolute atomic E-state index is 5.24. The summed E-state index contributed by atoms with van der Waals surface area (Å²) in [5.74, 6) is 6.30. The van der Waals surface area contributed by atoms with Gasteiger partial charge in [-0.15, -0.1) is 0 Å². The van der Waals surface area contributed by atoms with E-state index in [0.29, 0.717) is 11.7 Å². The van der Waals surface area contributed by atoms with Gasteiger partial charge in [-0.3, -0.25) is 5.43 Å². The van der Waals surface area contributed by atoms with Crippen LogP contribution in [0.15, 0.2) is 29.0 Å². The van der Waals surface area contributed by atoms with E-state index in [0.717, 1.165) is 11.3 Å². The van der Waals surface area contributed by atoms with Crippen molar-refractivity contribution in [1.29, 1.82) is 0 Å². The first-order chi connectivity index (χ1) is 6.81. The predicted octanol–water partition coefficient (Wildman–Crippen LogP) is 1.33. The molecule has 0 saturated heterocycles. The zero-order valence-electron chi connectivity index (χ0n) is 7.69. The van der Waals surface area contributed by atoms with Crippen molar-refractivity contribution in [2.45, 2.75) is 6.92 Å². The molecule has 0 radical (unpaired) electrons. The van der Waals surface area contributed by atoms with E-state index in [2.05, 4.69) is 15.4 Å². The predicted molar refractivity (Wildman–Crippen MR) is 52.3 cm³/mol. The summed E-state index contributed by atoms with van der Waals surface area (Å²) >= 11 is 0. The van der Waals surface area contributed by atoms with Gasteiger partial charge in [0.15, 0.2) is 5.76 Å². The first-order valence-corrected chi connectivity index (χ1v) is 4.15. The Hall–Kier alpha value is -1.88. The Labute approximate surface area is 80.9 Å². The number of furan rings is 1. The lowest BCUT2D eigenvalue weighted by molar-refractivity contribution is 0.579. The Morgan fingerprint density at radius 1 is 1.50 bits per heavy atom. The SMILES string of the molecule is Cc1cnc(NN)nc1-c1ccco1. The number of nitrogens with one attached hydrogen (secondary N) is 1. The van der Waals surface area contributed by atoms with E-state index in [4.69, 9.17) is 10.3 Å². The second-order valence-electron chi connectivity index (χ2n) is 2.85. The summed E-state index contributed by atoms with van der Waals surface area (Å²) in [6.07, 6.45) is 3.30. The maximum Gasteiger partial charge on any atom is 0.237 e. The molecule has 2 aromatic rings. The third-order valence-electron chi connectivity index (χ3n) is 1.86. The van der Waals surface area contributed by atoms with Crippen molar-refractivity contribution in [3.05, 3.63) is 30.2 Å². The molecule has 5 heteroatoms. The normalized spacial score (nSPS) is 10.1. The van der Waals surface area contributed by atoms with Crippen molar-refractivity contribution in [2.75, 3.05) is 5.43 Å². The van der Waals surface area contributed by atoms with Crippen molar-refractivity contribution in [3.8, 4) is 11.5 Å². The van der Waals surface area contributed by atoms with Gasteiger partial charge in [0.25, 0.3) is 0 Å². The highest BCUT2D eigenvalue weighted by Gasteiger charge is 2.07. The van der Waals surface area contributed by atoms with Crippen LogP contribution in [-0.4, -0.2) is 9.97 Å². The molecular weight excluding hydrogens is 180 g/mol. The number of nitrogen functional groups attached to an aromatic ring is 1. The van der Waals surface area contributed by atoms with Gasteiger partial charge < -0.3 is 4.42 Å². The Bertz CT molecular complexity index is 424. The number of rotatable bonds is 2. The van der Waals surface area contributed by atoms with E-state index >= 15 is 0 Å². The second-order valence-corrected chi connectivity index (χ2v) is 2.85. The number of hydrogen-bond acceptors (Lipinski definition) is 5. The zero-order valence-corrected chi connectivity index (χ0v) is 7.69. The third kappa shape index (κ3) is 1.45. The largest absolute Gasteiger partial charge is 0.463 e. The molecule has 0 aliphatic carbocycles. The van der Waals surface area contributed by atoms with E-state index in [1.165, 1.54) is 0 Å². The fourth-order valence-electron chi connectivity index (χ4n) is 1.17. The summed E-state index contributed by atoms with van der Waals surface area (Å²) in [4.78, 5) is 8.17. The number of hydrazine groups is 1. The highest BCUT2D eigenvalue weighted by Crippen LogP contribution is 2.21. The van der Waals surface area contributed by atoms with Crippen LogP contribution in [0.2, 0.25) is 0 Å². The van der Waals surface area contributed by atoms with Gasteiger partial charge in [0.2, 0.25) is 5.95 Å². The van der Waals surface area contributed by atoms with Gasteiger partial charge in [0, 0.05) is 6.20 Å². The van der Waals surface area contributed by atoms with Crippen LogP contribution in [-0.2, 0) is 0 Å². The number of aromatic nitrogens is 2. The van der Waals surface area contributed by atoms with Crippen molar-refractivity contribution in [1.82, 2.24) is 9.97 Å². The number of aryl methyl sites for hydroxylation is 1. The average molecular weight is 190 g/mol. The number of anilines is 1. The molecule has 0 aromatic carbocycles. The van der Waals surface area contributed by atoms with Crippen LogP contribution in [0.5, 0.6) is 0 Å². The van der Waals surface area contributed by atoms with E-state index < -0.39 is 0 Å². The molecule has 2 heterocycles. The van der Waals surface area contributed by atoms with Crippen molar-refractivity contribution >= 4 is 5.95 Å². The van der Waals surface area contributed by atoms with Crippen molar-refractivity contribution in [2.24, 2.45) is 5.84 Å². The Balaban J connectivity index is 2.51. The van der Waals surface area contributed by atoms with E-state index in [-0.39, 0.29) is 0 Å². The Morgan fingerprint density at radius 2 is 2.36 bits per heavy atom. The van der Waals surface area contributed by atoms with Crippen molar-refractivity contribution in [3.63, 3.8) is 0 Å². The molecule has 0 bridgehead atoms. The fourth-order valence-corrected chi connectivity index (χ4v) is 1.17. The summed E-state index contributed by atoms with van der Waals surface area (Å²) in [5, 5.41) is 0. The molecule has 2 rings (SSSR count). The summed E-state index contributed by atoms with van der Waals surface area (Å²) in [7, 11) is 0. The molecule has 0 spiro atoms. The van der Waals surface area contributed by atoms with Gasteiger partial charge in [-0.05, 0) is 24.6 Å². The van der Waals surface area contributed by atoms with Crippen LogP contribution in [0, 0.1) is 6.92 Å². The lowest BCUT2D eigenvalue weighted by Crippen LogP contribution is -2.10. The first-order valence-electron chi connectivity index (χ1n) is 4.15. The van der Waals surface area contributed by atoms with Gasteiger partial charge >= 0.3 is 0 Å². The van der Waals surface area contributed by atoms with E-state index in [9.17, 15) is 0 Å². The molecule has 3 N–H and O–H groups in total. The fraction of sp³-hybridized carbons (Fsp3) is 0.111. The van der Waals surface area contributed by atoms with Crippen LogP contribution in [0.4, 0.5) is 5.95 Å². The van der Waals surface area contributed by atoms with Crippen molar-refractivity contribution < 1.29 is 4.42 Å². The molecule has 14 heavy (non-hydrogen) atoms. The third-order valence-corrected chi connectivity index (χ3v) is 1.86. The number of hydrogen-bond donors (Lipinski definition) is 2. The molecule has 2 aromatic heterocycles. The van der Waals surface area contributed by atoms with Gasteiger partial charge in [0.1, 0.15) is 5.69 Å². The van der Waals surface area contributed by atoms with Crippen LogP contribution in [0.1, 0.15) is 5.56 Å². The highest BCUT2D eigenvalue weighted by molar-refractivity contribution is 5.57. The smallest absolute Gasteiger partial charge is 0.237 e. The van der Waals surface area contributed by atoms with Gasteiger partial charge in [0.05, 0.1) is 6.26 Å². The van der Waals surface area contributed by atoms with Gasteiger partial charge in [-0.2, -0.15) is 0 Å². The van der Waals surface area contributed by atoms with Crippen LogP contribution in [0.3, 0.4) is 0 Å². The average Bonchev–Trinajstić information content (AvgIpc) is 2.71. The lowest BCUT2D eigenvalue weighted by atomic mass is 10.2. The lowest BCUT2D eigenvalue weighted by Gasteiger charge is -2.03. The summed E-state index contributed by atoms with van der Waals surface area (Å²) < 4.78 is 5.24. The van der Waals surface area contributed by atoms with Gasteiger partial charge in [-0.25, -0.2) is 15.8 Å². The monoisotopic (exact) mass is 190 g/mol. The molecule has 5 nitrogen and oxygen atoms in total. The minimum absolute atomic E-state index is 0.377. The molecule has 0 saturated carbocycles. The van der Waals surface area contributed by atoms with E-state index in [1.54, 1.807) is 12.5 Å². The van der Waals surface area contributed by atoms with Crippen LogP contribution in [0.25, 0.3) is 11.5 Å². The summed E-state index contributed by atoms with van der Waals surface area (Å²) in [6, 6.07) is 3.65. The second kappa shape index (κ2) is 3.47. The summed E-state index contributed by atoms with van der Waals surface area (Å²) in [6.45, 7) is 1.91. The minimum Gasteiger partial charge on any atom is -0.463 e. The Morgan fingerprint density at radius 3 is 3.00 bits per heavy atom. The molecule has 72 valence electrons. The molecule has 0 unspecified atom stereocenters. The van der Waals surface area contributed by atoms with Crippen LogP contribution < -0.4 is 11.3 Å². The molecule has 0 amide bonds. The highest BCUT2D eigenvalue weighted by atomic mass is 16.3. The minimum atomic E-state index is 0.377. The quantitative estimate of drug-likeness (QED) is 0.551. The molecule has 0 atom stereocenters. The van der Waals surface area contributed by atoms with Crippen LogP contribution >= 0.6 is 0 Å². The molecule has 0 fully saturated rings. The topological polar surface area (TPSA) is 77.0 Å². The maximum atomic E-state index is 5.24. The zero-order chi connectivity index (χ0) is 9.97. The Kier molecular flexibility index (Phi) is 2.16.